The molecule has 0 aromatic heterocycles. The van der Waals surface area contributed by atoms with Gasteiger partial charge in [-0.1, -0.05) is 6.42 Å². The van der Waals surface area contributed by atoms with Crippen molar-refractivity contribution in [3.8, 4) is 0 Å². The lowest BCUT2D eigenvalue weighted by Crippen LogP contribution is -2.72. The topological polar surface area (TPSA) is 60.9 Å². The zero-order valence-electron chi connectivity index (χ0n) is 9.89. The zero-order chi connectivity index (χ0) is 12.1. The Bertz CT molecular complexity index is 351. The first-order chi connectivity index (χ1) is 8.07. The molecule has 0 unspecified atom stereocenters. The standard InChI is InChI=1S/C12H18N2O3/c15-9-14-6-11(7-14)4-13(5-11)8-12(10(16)17)2-1-3-12/h9H,1-8H2,(H,16,17). The van der Waals surface area contributed by atoms with E-state index in [1.54, 1.807) is 4.90 Å². The molecular weight excluding hydrogens is 220 g/mol. The van der Waals surface area contributed by atoms with Crippen LogP contribution in [0, 0.1) is 10.8 Å². The van der Waals surface area contributed by atoms with Crippen molar-refractivity contribution in [3.05, 3.63) is 0 Å². The lowest BCUT2D eigenvalue weighted by molar-refractivity contribution is -0.167. The van der Waals surface area contributed by atoms with Crippen LogP contribution in [0.4, 0.5) is 0 Å². The Labute approximate surface area is 100 Å². The lowest BCUT2D eigenvalue weighted by Gasteiger charge is -2.61. The molecule has 3 fully saturated rings. The van der Waals surface area contributed by atoms with E-state index < -0.39 is 11.4 Å². The molecule has 0 aromatic rings. The van der Waals surface area contributed by atoms with Crippen LogP contribution in [-0.4, -0.2) is 60.0 Å². The summed E-state index contributed by atoms with van der Waals surface area (Å²) in [5, 5.41) is 9.25. The van der Waals surface area contributed by atoms with Crippen LogP contribution in [0.15, 0.2) is 0 Å². The number of amides is 1. The average Bonchev–Trinajstić information content (AvgIpc) is 2.09. The Morgan fingerprint density at radius 1 is 1.24 bits per heavy atom. The van der Waals surface area contributed by atoms with E-state index in [0.717, 1.165) is 51.9 Å². The van der Waals surface area contributed by atoms with Gasteiger partial charge in [-0.15, -0.1) is 0 Å². The van der Waals surface area contributed by atoms with Crippen molar-refractivity contribution in [2.45, 2.75) is 19.3 Å². The third-order valence-corrected chi connectivity index (χ3v) is 4.63. The molecule has 2 saturated heterocycles. The Balaban J connectivity index is 1.50. The second-order valence-electron chi connectivity index (χ2n) is 6.09. The van der Waals surface area contributed by atoms with E-state index in [0.29, 0.717) is 12.0 Å². The fourth-order valence-electron chi connectivity index (χ4n) is 3.58. The van der Waals surface area contributed by atoms with Gasteiger partial charge in [0.1, 0.15) is 0 Å². The molecular formula is C12H18N2O3. The normalized spacial score (nSPS) is 29.1. The first-order valence-electron chi connectivity index (χ1n) is 6.23. The molecule has 2 heterocycles. The van der Waals surface area contributed by atoms with Crippen molar-refractivity contribution in [3.63, 3.8) is 0 Å². The molecule has 2 aliphatic heterocycles. The highest BCUT2D eigenvalue weighted by atomic mass is 16.4. The maximum absolute atomic E-state index is 11.2. The third-order valence-electron chi connectivity index (χ3n) is 4.63. The van der Waals surface area contributed by atoms with E-state index in [-0.39, 0.29) is 0 Å². The van der Waals surface area contributed by atoms with Gasteiger partial charge in [-0.25, -0.2) is 0 Å². The van der Waals surface area contributed by atoms with Crippen molar-refractivity contribution in [2.24, 2.45) is 10.8 Å². The summed E-state index contributed by atoms with van der Waals surface area (Å²) < 4.78 is 0. The van der Waals surface area contributed by atoms with Crippen LogP contribution in [0.5, 0.6) is 0 Å². The monoisotopic (exact) mass is 238 g/mol. The fraction of sp³-hybridized carbons (Fsp3) is 0.833. The maximum atomic E-state index is 11.2. The quantitative estimate of drug-likeness (QED) is 0.701. The van der Waals surface area contributed by atoms with Crippen molar-refractivity contribution >= 4 is 12.4 Å². The molecule has 0 aromatic carbocycles. The van der Waals surface area contributed by atoms with Gasteiger partial charge in [-0.05, 0) is 12.8 Å². The van der Waals surface area contributed by atoms with Gasteiger partial charge in [0.05, 0.1) is 5.41 Å². The molecule has 1 N–H and O–H groups in total. The zero-order valence-corrected chi connectivity index (χ0v) is 9.89. The first kappa shape index (κ1) is 11.0. The molecule has 0 atom stereocenters. The van der Waals surface area contributed by atoms with Gasteiger partial charge >= 0.3 is 5.97 Å². The summed E-state index contributed by atoms with van der Waals surface area (Å²) in [5.41, 5.74) is -0.167. The molecule has 5 nitrogen and oxygen atoms in total. The van der Waals surface area contributed by atoms with Crippen LogP contribution < -0.4 is 0 Å². The van der Waals surface area contributed by atoms with Crippen LogP contribution >= 0.6 is 0 Å². The number of nitrogens with zero attached hydrogens (tertiary/aromatic N) is 2. The number of carbonyl (C=O) groups excluding carboxylic acids is 1. The summed E-state index contributed by atoms with van der Waals surface area (Å²) in [7, 11) is 0. The minimum atomic E-state index is -0.632. The molecule has 5 heteroatoms. The predicted octanol–water partition coefficient (Wildman–Crippen LogP) is 0.0153. The number of carbonyl (C=O) groups is 2. The highest BCUT2D eigenvalue weighted by molar-refractivity contribution is 5.76. The minimum Gasteiger partial charge on any atom is -0.481 e. The van der Waals surface area contributed by atoms with E-state index >= 15 is 0 Å². The SMILES string of the molecule is O=CN1CC2(C1)CN(CC1(C(=O)O)CCC1)C2. The summed E-state index contributed by atoms with van der Waals surface area (Å²) in [6.45, 7) is 4.34. The number of rotatable bonds is 4. The Morgan fingerprint density at radius 2 is 1.88 bits per heavy atom. The molecule has 1 amide bonds. The molecule has 3 rings (SSSR count). The van der Waals surface area contributed by atoms with E-state index in [1.165, 1.54) is 0 Å². The summed E-state index contributed by atoms with van der Waals surface area (Å²) in [6.07, 6.45) is 3.60. The molecule has 94 valence electrons. The summed E-state index contributed by atoms with van der Waals surface area (Å²) in [6, 6.07) is 0. The predicted molar refractivity (Wildman–Crippen MR) is 60.4 cm³/mol. The van der Waals surface area contributed by atoms with Crippen molar-refractivity contribution in [2.75, 3.05) is 32.7 Å². The van der Waals surface area contributed by atoms with E-state index in [9.17, 15) is 14.7 Å². The van der Waals surface area contributed by atoms with Gasteiger partial charge in [0.15, 0.2) is 0 Å². The Hall–Kier alpha value is -1.10. The second kappa shape index (κ2) is 3.45. The number of carboxylic acid groups (broad SMARTS) is 1. The van der Waals surface area contributed by atoms with Crippen molar-refractivity contribution < 1.29 is 14.7 Å². The van der Waals surface area contributed by atoms with Gasteiger partial charge in [-0.2, -0.15) is 0 Å². The van der Waals surface area contributed by atoms with E-state index in [1.807, 2.05) is 0 Å². The van der Waals surface area contributed by atoms with Crippen molar-refractivity contribution in [1.82, 2.24) is 9.80 Å². The van der Waals surface area contributed by atoms with Crippen LogP contribution in [0.2, 0.25) is 0 Å². The van der Waals surface area contributed by atoms with E-state index in [4.69, 9.17) is 0 Å². The molecule has 1 spiro atoms. The summed E-state index contributed by atoms with van der Waals surface area (Å²) >= 11 is 0. The molecule has 0 radical (unpaired) electrons. The maximum Gasteiger partial charge on any atom is 0.310 e. The lowest BCUT2D eigenvalue weighted by atomic mass is 9.66. The van der Waals surface area contributed by atoms with Crippen molar-refractivity contribution in [1.29, 1.82) is 0 Å². The average molecular weight is 238 g/mol. The van der Waals surface area contributed by atoms with Crippen LogP contribution in [0.1, 0.15) is 19.3 Å². The molecule has 1 aliphatic carbocycles. The highest BCUT2D eigenvalue weighted by Gasteiger charge is 2.54. The van der Waals surface area contributed by atoms with Crippen LogP contribution in [-0.2, 0) is 9.59 Å². The Kier molecular flexibility index (Phi) is 2.23. The molecule has 1 saturated carbocycles. The number of aliphatic carboxylic acids is 1. The number of hydrogen-bond acceptors (Lipinski definition) is 3. The third kappa shape index (κ3) is 1.56. The van der Waals surface area contributed by atoms with Crippen LogP contribution in [0.25, 0.3) is 0 Å². The van der Waals surface area contributed by atoms with Gasteiger partial charge in [0.2, 0.25) is 6.41 Å². The smallest absolute Gasteiger partial charge is 0.310 e. The highest BCUT2D eigenvalue weighted by Crippen LogP contribution is 2.46. The van der Waals surface area contributed by atoms with Crippen LogP contribution in [0.3, 0.4) is 0 Å². The largest absolute Gasteiger partial charge is 0.481 e. The summed E-state index contributed by atoms with van der Waals surface area (Å²) in [4.78, 5) is 25.8. The number of likely N-dealkylation sites (tertiary alicyclic amines) is 2. The molecule has 0 bridgehead atoms. The first-order valence-corrected chi connectivity index (χ1v) is 6.23. The number of hydrogen-bond donors (Lipinski definition) is 1. The fourth-order valence-corrected chi connectivity index (χ4v) is 3.58. The molecule has 17 heavy (non-hydrogen) atoms. The summed E-state index contributed by atoms with van der Waals surface area (Å²) in [5.74, 6) is -0.632. The number of carboxylic acids is 1. The Morgan fingerprint density at radius 3 is 2.29 bits per heavy atom. The van der Waals surface area contributed by atoms with E-state index in [2.05, 4.69) is 4.90 Å². The van der Waals surface area contributed by atoms with Gasteiger partial charge in [-0.3, -0.25) is 9.59 Å². The van der Waals surface area contributed by atoms with Gasteiger partial charge in [0, 0.05) is 38.1 Å². The van der Waals surface area contributed by atoms with Gasteiger partial charge < -0.3 is 14.9 Å². The minimum absolute atomic E-state index is 0.296. The molecule has 3 aliphatic rings. The van der Waals surface area contributed by atoms with Gasteiger partial charge in [0.25, 0.3) is 0 Å². The second-order valence-corrected chi connectivity index (χ2v) is 6.09.